The summed E-state index contributed by atoms with van der Waals surface area (Å²) in [7, 11) is 0. The number of anilines is 1. The maximum atomic E-state index is 12.0. The summed E-state index contributed by atoms with van der Waals surface area (Å²) >= 11 is 0. The number of nitroso groups, excluding NO2 is 1. The summed E-state index contributed by atoms with van der Waals surface area (Å²) in [5.41, 5.74) is -0.516. The molecule has 2 aromatic rings. The number of nitrogens with zero attached hydrogens (tertiary/aromatic N) is 1. The number of carbonyl (C=O) groups excluding carboxylic acids is 1. The van der Waals surface area contributed by atoms with Crippen LogP contribution in [-0.4, -0.2) is 27.2 Å². The van der Waals surface area contributed by atoms with Gasteiger partial charge < -0.3 is 20.6 Å². The van der Waals surface area contributed by atoms with Gasteiger partial charge in [0.1, 0.15) is 17.2 Å². The maximum absolute atomic E-state index is 12.0. The molecule has 22 heavy (non-hydrogen) atoms. The molecule has 112 valence electrons. The molecule has 0 saturated heterocycles. The molecular formula is C14H10N2O6. The lowest BCUT2D eigenvalue weighted by molar-refractivity contribution is 0.0697. The highest BCUT2D eigenvalue weighted by Gasteiger charge is 2.15. The number of carboxylic acids is 1. The second-order valence-corrected chi connectivity index (χ2v) is 4.28. The van der Waals surface area contributed by atoms with Gasteiger partial charge in [-0.25, -0.2) is 4.79 Å². The van der Waals surface area contributed by atoms with Gasteiger partial charge in [-0.3, -0.25) is 4.79 Å². The summed E-state index contributed by atoms with van der Waals surface area (Å²) < 4.78 is 0. The first-order valence-corrected chi connectivity index (χ1v) is 5.96. The number of phenolic OH excluding ortho intramolecular Hbond substituents is 2. The van der Waals surface area contributed by atoms with Crippen molar-refractivity contribution < 1.29 is 24.9 Å². The number of hydrogen-bond acceptors (Lipinski definition) is 6. The van der Waals surface area contributed by atoms with Crippen molar-refractivity contribution in [3.8, 4) is 11.5 Å². The first-order valence-electron chi connectivity index (χ1n) is 5.96. The zero-order valence-corrected chi connectivity index (χ0v) is 11.0. The summed E-state index contributed by atoms with van der Waals surface area (Å²) in [4.78, 5) is 33.5. The first kappa shape index (κ1) is 15.0. The Morgan fingerprint density at radius 3 is 2.36 bits per heavy atom. The average molecular weight is 302 g/mol. The van der Waals surface area contributed by atoms with E-state index >= 15 is 0 Å². The molecule has 0 aromatic heterocycles. The van der Waals surface area contributed by atoms with E-state index in [4.69, 9.17) is 5.11 Å². The van der Waals surface area contributed by atoms with Crippen LogP contribution in [0.1, 0.15) is 20.7 Å². The van der Waals surface area contributed by atoms with Crippen LogP contribution in [-0.2, 0) is 0 Å². The van der Waals surface area contributed by atoms with Crippen molar-refractivity contribution in [2.45, 2.75) is 0 Å². The summed E-state index contributed by atoms with van der Waals surface area (Å²) in [6.07, 6.45) is 0. The second-order valence-electron chi connectivity index (χ2n) is 4.28. The van der Waals surface area contributed by atoms with Crippen LogP contribution >= 0.6 is 0 Å². The third-order valence-electron chi connectivity index (χ3n) is 2.82. The van der Waals surface area contributed by atoms with Crippen molar-refractivity contribution in [2.75, 3.05) is 5.32 Å². The van der Waals surface area contributed by atoms with Gasteiger partial charge in [-0.2, -0.15) is 0 Å². The molecule has 8 nitrogen and oxygen atoms in total. The minimum Gasteiger partial charge on any atom is -0.508 e. The third kappa shape index (κ3) is 3.01. The van der Waals surface area contributed by atoms with Gasteiger partial charge in [-0.05, 0) is 41.6 Å². The number of benzene rings is 2. The van der Waals surface area contributed by atoms with Crippen molar-refractivity contribution in [2.24, 2.45) is 5.18 Å². The van der Waals surface area contributed by atoms with E-state index < -0.39 is 17.6 Å². The van der Waals surface area contributed by atoms with Crippen LogP contribution in [0.5, 0.6) is 11.5 Å². The van der Waals surface area contributed by atoms with E-state index in [0.717, 1.165) is 18.2 Å². The Morgan fingerprint density at radius 1 is 1.05 bits per heavy atom. The van der Waals surface area contributed by atoms with Gasteiger partial charge >= 0.3 is 5.97 Å². The lowest BCUT2D eigenvalue weighted by Crippen LogP contribution is -2.14. The summed E-state index contributed by atoms with van der Waals surface area (Å²) in [5.74, 6) is -2.74. The number of carboxylic acid groups (broad SMARTS) is 1. The largest absolute Gasteiger partial charge is 0.508 e. The normalized spacial score (nSPS) is 10.0. The minimum atomic E-state index is -1.32. The summed E-state index contributed by atoms with van der Waals surface area (Å²) in [6, 6.07) is 6.90. The van der Waals surface area contributed by atoms with E-state index in [1.807, 2.05) is 0 Å². The number of phenols is 2. The number of aromatic hydroxyl groups is 2. The maximum Gasteiger partial charge on any atom is 0.337 e. The van der Waals surface area contributed by atoms with E-state index in [2.05, 4.69) is 10.5 Å². The molecule has 0 saturated carbocycles. The van der Waals surface area contributed by atoms with E-state index in [1.54, 1.807) is 0 Å². The topological polar surface area (TPSA) is 136 Å². The molecule has 2 rings (SSSR count). The molecule has 2 aromatic carbocycles. The third-order valence-corrected chi connectivity index (χ3v) is 2.82. The van der Waals surface area contributed by atoms with Crippen molar-refractivity contribution >= 4 is 23.3 Å². The van der Waals surface area contributed by atoms with Crippen LogP contribution in [0.25, 0.3) is 0 Å². The number of aromatic carboxylic acids is 1. The predicted molar refractivity (Wildman–Crippen MR) is 76.6 cm³/mol. The lowest BCUT2D eigenvalue weighted by Gasteiger charge is -2.09. The molecule has 0 spiro atoms. The molecule has 4 N–H and O–H groups in total. The van der Waals surface area contributed by atoms with Crippen LogP contribution < -0.4 is 5.32 Å². The van der Waals surface area contributed by atoms with Crippen molar-refractivity contribution in [1.29, 1.82) is 0 Å². The Labute approximate surface area is 123 Å². The van der Waals surface area contributed by atoms with Gasteiger partial charge in [0.05, 0.1) is 11.3 Å². The Morgan fingerprint density at radius 2 is 1.77 bits per heavy atom. The molecule has 0 unspecified atom stereocenters. The quantitative estimate of drug-likeness (QED) is 0.505. The van der Waals surface area contributed by atoms with Gasteiger partial charge in [0.15, 0.2) is 0 Å². The zero-order valence-electron chi connectivity index (χ0n) is 11.0. The Bertz CT molecular complexity index is 772. The van der Waals surface area contributed by atoms with Crippen LogP contribution in [0.15, 0.2) is 41.6 Å². The molecule has 0 aliphatic carbocycles. The van der Waals surface area contributed by atoms with Crippen LogP contribution in [0.2, 0.25) is 0 Å². The number of hydrogen-bond donors (Lipinski definition) is 4. The van der Waals surface area contributed by atoms with Gasteiger partial charge in [-0.15, -0.1) is 4.91 Å². The number of amides is 1. The van der Waals surface area contributed by atoms with Crippen molar-refractivity contribution in [1.82, 2.24) is 0 Å². The van der Waals surface area contributed by atoms with Gasteiger partial charge in [0.25, 0.3) is 5.91 Å². The molecular weight excluding hydrogens is 292 g/mol. The van der Waals surface area contributed by atoms with Crippen molar-refractivity contribution in [3.05, 3.63) is 52.4 Å². The van der Waals surface area contributed by atoms with Gasteiger partial charge in [0, 0.05) is 5.56 Å². The molecule has 0 aliphatic rings. The molecule has 1 amide bonds. The molecule has 0 aliphatic heterocycles. The fourth-order valence-electron chi connectivity index (χ4n) is 1.75. The van der Waals surface area contributed by atoms with E-state index in [9.17, 15) is 24.7 Å². The fraction of sp³-hybridized carbons (Fsp3) is 0. The Hall–Kier alpha value is -3.42. The highest BCUT2D eigenvalue weighted by atomic mass is 16.4. The Balaban J connectivity index is 2.31. The number of rotatable bonds is 4. The number of carbonyl (C=O) groups is 2. The summed E-state index contributed by atoms with van der Waals surface area (Å²) in [5, 5.41) is 32.7. The summed E-state index contributed by atoms with van der Waals surface area (Å²) in [6.45, 7) is 0. The standard InChI is InChI=1S/C14H10N2O6/c17-8-2-4-10(9(6-8)14(20)21)15-13(19)7-1-3-11(16-22)12(18)5-7/h1-6,17-18H,(H,15,19)(H,20,21). The van der Waals surface area contributed by atoms with Crippen LogP contribution in [0, 0.1) is 4.91 Å². The van der Waals surface area contributed by atoms with Gasteiger partial charge in [0.2, 0.25) is 0 Å². The highest BCUT2D eigenvalue weighted by Crippen LogP contribution is 2.27. The molecule has 0 radical (unpaired) electrons. The van der Waals surface area contributed by atoms with Crippen LogP contribution in [0.4, 0.5) is 11.4 Å². The Kier molecular flexibility index (Phi) is 4.03. The lowest BCUT2D eigenvalue weighted by atomic mass is 10.1. The highest BCUT2D eigenvalue weighted by molar-refractivity contribution is 6.08. The molecule has 0 bridgehead atoms. The fourth-order valence-corrected chi connectivity index (χ4v) is 1.75. The minimum absolute atomic E-state index is 0.00862. The van der Waals surface area contributed by atoms with Gasteiger partial charge in [-0.1, -0.05) is 0 Å². The molecule has 0 heterocycles. The molecule has 0 atom stereocenters. The van der Waals surface area contributed by atoms with Crippen LogP contribution in [0.3, 0.4) is 0 Å². The first-order chi connectivity index (χ1) is 10.4. The van der Waals surface area contributed by atoms with Crippen molar-refractivity contribution in [3.63, 3.8) is 0 Å². The van der Waals surface area contributed by atoms with E-state index in [0.29, 0.717) is 0 Å². The SMILES string of the molecule is O=Nc1ccc(C(=O)Nc2ccc(O)cc2C(=O)O)cc1O. The smallest absolute Gasteiger partial charge is 0.337 e. The number of nitrogens with one attached hydrogen (secondary N) is 1. The van der Waals surface area contributed by atoms with E-state index in [-0.39, 0.29) is 28.3 Å². The monoisotopic (exact) mass is 302 g/mol. The molecule has 8 heteroatoms. The average Bonchev–Trinajstić information content (AvgIpc) is 2.48. The predicted octanol–water partition coefficient (Wildman–Crippen LogP) is 2.45. The van der Waals surface area contributed by atoms with E-state index in [1.165, 1.54) is 18.2 Å². The second kappa shape index (κ2) is 5.92. The zero-order chi connectivity index (χ0) is 16.3. The molecule has 0 fully saturated rings.